The van der Waals surface area contributed by atoms with E-state index in [1.165, 1.54) is 0 Å². The van der Waals surface area contributed by atoms with Crippen LogP contribution in [-0.4, -0.2) is 24.4 Å². The van der Waals surface area contributed by atoms with Gasteiger partial charge in [-0.25, -0.2) is 0 Å². The monoisotopic (exact) mass is 206 g/mol. The van der Waals surface area contributed by atoms with Crippen LogP contribution in [0.5, 0.6) is 0 Å². The van der Waals surface area contributed by atoms with Crippen molar-refractivity contribution in [3.63, 3.8) is 0 Å². The van der Waals surface area contributed by atoms with Crippen LogP contribution in [0.4, 0.5) is 0 Å². The molecule has 0 rings (SSSR count). The summed E-state index contributed by atoms with van der Waals surface area (Å²) in [6.07, 6.45) is 0. The van der Waals surface area contributed by atoms with Crippen LogP contribution >= 0.6 is 0 Å². The molecular weight excluding hydrogens is 201 g/mol. The van der Waals surface area contributed by atoms with E-state index in [2.05, 4.69) is 0 Å². The minimum absolute atomic E-state index is 0. The molecule has 0 amide bonds. The van der Waals surface area contributed by atoms with Crippen molar-refractivity contribution in [1.29, 1.82) is 0 Å². The van der Waals surface area contributed by atoms with Crippen molar-refractivity contribution in [2.75, 3.05) is 0 Å². The standard InChI is InChI=1S/HNO3.3H2O.Zr/c2-1(3)4;;;;/h(H,2,3,4);3*1H2;/q;;;;+1/p-1. The van der Waals surface area contributed by atoms with Gasteiger partial charge in [0.2, 0.25) is 0 Å². The molecular formula is H6NO6Zr. The maximum absolute atomic E-state index is 8.36. The molecule has 6 N–H and O–H groups in total. The molecule has 0 aliphatic rings. The van der Waals surface area contributed by atoms with E-state index < -0.39 is 5.09 Å². The second kappa shape index (κ2) is 28.2. The van der Waals surface area contributed by atoms with E-state index >= 15 is 0 Å². The Hall–Kier alpha value is -0.0369. The predicted octanol–water partition coefficient (Wildman–Crippen LogP) is -2.56. The van der Waals surface area contributed by atoms with Gasteiger partial charge in [-0.05, 0) is 0 Å². The first-order valence-corrected chi connectivity index (χ1v) is 1.89. The normalized spacial score (nSPS) is 3.50. The molecule has 0 saturated heterocycles. The van der Waals surface area contributed by atoms with E-state index in [0.29, 0.717) is 25.2 Å². The van der Waals surface area contributed by atoms with Crippen LogP contribution in [-0.2, 0) is 25.2 Å². The zero-order valence-electron chi connectivity index (χ0n) is 3.66. The third-order valence-corrected chi connectivity index (χ3v) is 0. The van der Waals surface area contributed by atoms with Crippen LogP contribution in [0.15, 0.2) is 0 Å². The number of hydrogen-bond donors (Lipinski definition) is 2. The molecule has 0 aliphatic heterocycles. The van der Waals surface area contributed by atoms with Crippen LogP contribution in [0.3, 0.4) is 0 Å². The van der Waals surface area contributed by atoms with Crippen molar-refractivity contribution in [1.82, 2.24) is 0 Å². The second-order valence-electron chi connectivity index (χ2n) is 0.238. The molecule has 0 aromatic carbocycles. The third kappa shape index (κ3) is 108000. The Bertz CT molecular complexity index is 31.5. The molecule has 0 saturated carbocycles. The summed E-state index contributed by atoms with van der Waals surface area (Å²) in [4.78, 5) is 8.36. The second-order valence-corrected chi connectivity index (χ2v) is 0.238. The average Bonchev–Trinajstić information content (AvgIpc) is 1.41. The molecule has 0 spiro atoms. The fourth-order valence-electron chi connectivity index (χ4n) is 0. The van der Waals surface area contributed by atoms with Crippen molar-refractivity contribution < 1.29 is 49.6 Å². The molecule has 0 unspecified atom stereocenters. The SMILES string of the molecule is O.O.O=[N+]([O-])O.[OH][Zr]. The quantitative estimate of drug-likeness (QED) is 0.332. The number of nitrogens with zero attached hydrogens (tertiary/aromatic N) is 1. The zero-order valence-corrected chi connectivity index (χ0v) is 6.12. The molecule has 8 heteroatoms. The van der Waals surface area contributed by atoms with Gasteiger partial charge in [-0.1, -0.05) is 0 Å². The van der Waals surface area contributed by atoms with Gasteiger partial charge in [0.25, 0.3) is 5.09 Å². The minimum atomic E-state index is -1.50. The summed E-state index contributed by atoms with van der Waals surface area (Å²) >= 11 is 0.550. The Morgan fingerprint density at radius 1 is 1.38 bits per heavy atom. The average molecular weight is 207 g/mol. The molecule has 7 nitrogen and oxygen atoms in total. The van der Waals surface area contributed by atoms with Crippen LogP contribution in [0, 0.1) is 10.1 Å². The van der Waals surface area contributed by atoms with E-state index in [-0.39, 0.29) is 11.0 Å². The number of rotatable bonds is 0. The summed E-state index contributed by atoms with van der Waals surface area (Å²) in [6, 6.07) is 0. The van der Waals surface area contributed by atoms with E-state index in [1.807, 2.05) is 0 Å². The molecule has 0 aromatic heterocycles. The molecule has 0 aliphatic carbocycles. The first-order chi connectivity index (χ1) is 2.73. The van der Waals surface area contributed by atoms with Crippen molar-refractivity contribution in [2.45, 2.75) is 0 Å². The molecule has 0 fully saturated rings. The first-order valence-electron chi connectivity index (χ1n) is 0.789. The number of hydrogen-bond acceptors (Lipinski definition) is 3. The Labute approximate surface area is 60.1 Å². The Balaban J connectivity index is -0.0000000183. The van der Waals surface area contributed by atoms with Gasteiger partial charge in [0.05, 0.1) is 0 Å². The van der Waals surface area contributed by atoms with Gasteiger partial charge in [-0.3, -0.25) is 0 Å². The zero-order chi connectivity index (χ0) is 5.58. The van der Waals surface area contributed by atoms with Gasteiger partial charge < -0.3 is 16.2 Å². The molecule has 0 heterocycles. The third-order valence-electron chi connectivity index (χ3n) is 0. The van der Waals surface area contributed by atoms with Crippen molar-refractivity contribution in [3.05, 3.63) is 10.1 Å². The molecule has 0 atom stereocenters. The van der Waals surface area contributed by atoms with Crippen LogP contribution in [0.2, 0.25) is 0 Å². The topological polar surface area (TPSA) is 147 Å². The van der Waals surface area contributed by atoms with Gasteiger partial charge in [0, 0.05) is 0 Å². The molecule has 51 valence electrons. The molecule has 8 heavy (non-hydrogen) atoms. The van der Waals surface area contributed by atoms with Crippen molar-refractivity contribution in [2.24, 2.45) is 0 Å². The Kier molecular flexibility index (Phi) is 86.7. The van der Waals surface area contributed by atoms with E-state index in [0.717, 1.165) is 0 Å². The van der Waals surface area contributed by atoms with Crippen LogP contribution in [0.1, 0.15) is 0 Å². The summed E-state index contributed by atoms with van der Waals surface area (Å²) in [5.74, 6) is 0. The van der Waals surface area contributed by atoms with Gasteiger partial charge in [-0.15, -0.1) is 10.1 Å². The summed E-state index contributed by atoms with van der Waals surface area (Å²) in [5, 5.41) is 13.6. The van der Waals surface area contributed by atoms with Gasteiger partial charge in [-0.2, -0.15) is 0 Å². The van der Waals surface area contributed by atoms with E-state index in [4.69, 9.17) is 18.5 Å². The fourth-order valence-corrected chi connectivity index (χ4v) is 0. The molecule has 0 radical (unpaired) electrons. The van der Waals surface area contributed by atoms with Gasteiger partial charge >= 0.3 is 28.3 Å². The summed E-state index contributed by atoms with van der Waals surface area (Å²) in [6.45, 7) is 0. The van der Waals surface area contributed by atoms with Gasteiger partial charge in [0.1, 0.15) is 0 Å². The van der Waals surface area contributed by atoms with Crippen LogP contribution < -0.4 is 0 Å². The van der Waals surface area contributed by atoms with E-state index in [1.54, 1.807) is 0 Å². The summed E-state index contributed by atoms with van der Waals surface area (Å²) in [7, 11) is 0. The van der Waals surface area contributed by atoms with Crippen molar-refractivity contribution >= 4 is 0 Å². The maximum atomic E-state index is 8.36. The fraction of sp³-hybridized carbons (Fsp3) is 0. The van der Waals surface area contributed by atoms with E-state index in [9.17, 15) is 0 Å². The molecule has 0 aromatic rings. The molecule has 0 bridgehead atoms. The van der Waals surface area contributed by atoms with Crippen molar-refractivity contribution in [3.8, 4) is 0 Å². The van der Waals surface area contributed by atoms with Crippen LogP contribution in [0.25, 0.3) is 0 Å². The Morgan fingerprint density at radius 3 is 1.38 bits per heavy atom. The summed E-state index contributed by atoms with van der Waals surface area (Å²) < 4.78 is 7.09. The van der Waals surface area contributed by atoms with Gasteiger partial charge in [0.15, 0.2) is 0 Å². The first kappa shape index (κ1) is 24.6. The Morgan fingerprint density at radius 2 is 1.38 bits per heavy atom. The summed E-state index contributed by atoms with van der Waals surface area (Å²) in [5.41, 5.74) is 0. The predicted molar refractivity (Wildman–Crippen MR) is 18.2 cm³/mol.